The average Bonchev–Trinajstić information content (AvgIpc) is 2.49. The normalized spacial score (nSPS) is 9.19. The summed E-state index contributed by atoms with van der Waals surface area (Å²) in [5.41, 5.74) is 0.427. The highest BCUT2D eigenvalue weighted by Gasteiger charge is 2.35. The van der Waals surface area contributed by atoms with Gasteiger partial charge in [-0.1, -0.05) is 69.5 Å². The Morgan fingerprint density at radius 1 is 1.14 bits per heavy atom. The quantitative estimate of drug-likeness (QED) is 0.466. The smallest absolute Gasteiger partial charge is 0.273 e. The van der Waals surface area contributed by atoms with Gasteiger partial charge in [-0.2, -0.15) is 10.5 Å². The number of nitrogens with one attached hydrogen (secondary N) is 2. The van der Waals surface area contributed by atoms with Crippen LogP contribution in [-0.4, -0.2) is 17.1 Å². The molecule has 21 heavy (non-hydrogen) atoms. The molecule has 0 bridgehead atoms. The first kappa shape index (κ1) is 19.2. The lowest BCUT2D eigenvalue weighted by Gasteiger charge is -2.16. The maximum atomic E-state index is 11.3. The van der Waals surface area contributed by atoms with E-state index in [1.165, 1.54) is 12.4 Å². The number of hydrogen-bond acceptors (Lipinski definition) is 4. The maximum Gasteiger partial charge on any atom is 0.274 e. The fraction of sp³-hybridized carbons (Fsp3) is 0.167. The third-order valence-electron chi connectivity index (χ3n) is 1.91. The topological polar surface area (TPSA) is 106 Å². The van der Waals surface area contributed by atoms with Crippen molar-refractivity contribution >= 4 is 50.9 Å². The average molecular weight is 392 g/mol. The van der Waals surface area contributed by atoms with Crippen molar-refractivity contribution < 1.29 is 9.59 Å². The van der Waals surface area contributed by atoms with Crippen LogP contribution in [0.15, 0.2) is 30.3 Å². The van der Waals surface area contributed by atoms with Crippen molar-refractivity contribution in [2.24, 2.45) is 0 Å². The van der Waals surface area contributed by atoms with E-state index in [2.05, 4.69) is 15.9 Å². The van der Waals surface area contributed by atoms with Crippen molar-refractivity contribution in [2.45, 2.75) is 4.33 Å². The Kier molecular flexibility index (Phi) is 9.15. The molecule has 0 radical (unpaired) electrons. The summed E-state index contributed by atoms with van der Waals surface area (Å²) in [6.45, 7) is 0. The molecule has 0 saturated carbocycles. The highest BCUT2D eigenvalue weighted by atomic mass is 79.9. The predicted octanol–water partition coefficient (Wildman–Crippen LogP) is 1.89. The van der Waals surface area contributed by atoms with Gasteiger partial charge in [0.1, 0.15) is 0 Å². The summed E-state index contributed by atoms with van der Waals surface area (Å²) in [6, 6.07) is 8.40. The fourth-order valence-corrected chi connectivity index (χ4v) is 1.49. The molecule has 0 aromatic heterocycles. The molecule has 2 N–H and O–H groups in total. The summed E-state index contributed by atoms with van der Waals surface area (Å²) in [4.78, 5) is 21.3. The van der Waals surface area contributed by atoms with Crippen LogP contribution in [0.5, 0.6) is 0 Å². The lowest BCUT2D eigenvalue weighted by molar-refractivity contribution is -0.121. The molecule has 1 aromatic carbocycles. The molecule has 0 aliphatic heterocycles. The molecule has 1 rings (SSSR count). The number of carbonyl (C=O) groups excluding carboxylic acids is 2. The minimum atomic E-state index is -1.73. The van der Waals surface area contributed by atoms with Crippen LogP contribution in [0.25, 0.3) is 0 Å². The highest BCUT2D eigenvalue weighted by Crippen LogP contribution is 2.33. The van der Waals surface area contributed by atoms with Gasteiger partial charge in [0.2, 0.25) is 10.2 Å². The van der Waals surface area contributed by atoms with Crippen LogP contribution in [0, 0.1) is 22.9 Å². The molecular formula is C12H9BrCl2N4O2. The Bertz CT molecular complexity index is 567. The number of benzene rings is 1. The number of amides is 2. The lowest BCUT2D eigenvalue weighted by Crippen LogP contribution is -2.33. The lowest BCUT2D eigenvalue weighted by atomic mass is 10.1. The van der Waals surface area contributed by atoms with Crippen molar-refractivity contribution in [2.75, 3.05) is 5.33 Å². The highest BCUT2D eigenvalue weighted by molar-refractivity contribution is 9.09. The van der Waals surface area contributed by atoms with Gasteiger partial charge in [0, 0.05) is 0 Å². The maximum absolute atomic E-state index is 11.3. The van der Waals surface area contributed by atoms with Gasteiger partial charge in [0.15, 0.2) is 12.4 Å². The molecule has 0 atom stereocenters. The van der Waals surface area contributed by atoms with Crippen LogP contribution < -0.4 is 10.6 Å². The van der Waals surface area contributed by atoms with E-state index in [4.69, 9.17) is 33.7 Å². The van der Waals surface area contributed by atoms with E-state index >= 15 is 0 Å². The Hall–Kier alpha value is -1.80. The van der Waals surface area contributed by atoms with E-state index in [0.717, 1.165) is 0 Å². The van der Waals surface area contributed by atoms with Gasteiger partial charge in [-0.25, -0.2) is 0 Å². The number of rotatable bonds is 3. The summed E-state index contributed by atoms with van der Waals surface area (Å²) in [5, 5.41) is 20.0. The summed E-state index contributed by atoms with van der Waals surface area (Å²) in [6.07, 6.45) is 2.96. The van der Waals surface area contributed by atoms with Crippen molar-refractivity contribution in [3.63, 3.8) is 0 Å². The van der Waals surface area contributed by atoms with Gasteiger partial charge in [-0.3, -0.25) is 20.2 Å². The van der Waals surface area contributed by atoms with E-state index in [0.29, 0.717) is 5.56 Å². The number of carbonyl (C=O) groups is 2. The van der Waals surface area contributed by atoms with E-state index in [1.54, 1.807) is 30.3 Å². The molecule has 0 fully saturated rings. The second kappa shape index (κ2) is 10.0. The Morgan fingerprint density at radius 3 is 2.05 bits per heavy atom. The molecule has 0 unspecified atom stereocenters. The first-order valence-electron chi connectivity index (χ1n) is 5.26. The Balaban J connectivity index is 0.000000486. The zero-order valence-corrected chi connectivity index (χ0v) is 13.5. The number of hydrogen-bond donors (Lipinski definition) is 2. The standard InChI is InChI=1S/C9H6Cl2N2O.C3H3BrN2O/c10-9(11,8(14)13-6-12)7-4-2-1-3-5-7;4-1-3(7)6-2-5/h1-5H,(H,13,14);1H2,(H,6,7). The molecule has 0 aliphatic carbocycles. The Labute approximate surface area is 139 Å². The molecule has 110 valence electrons. The Morgan fingerprint density at radius 2 is 1.67 bits per heavy atom. The minimum Gasteiger partial charge on any atom is -0.273 e. The SMILES string of the molecule is N#CNC(=O)C(Cl)(Cl)c1ccccc1.N#CNC(=O)CBr. The molecule has 0 saturated heterocycles. The first-order valence-corrected chi connectivity index (χ1v) is 7.14. The second-order valence-electron chi connectivity index (χ2n) is 3.30. The van der Waals surface area contributed by atoms with Crippen LogP contribution in [0.3, 0.4) is 0 Å². The minimum absolute atomic E-state index is 0.181. The van der Waals surface area contributed by atoms with E-state index in [1.807, 2.05) is 10.6 Å². The molecule has 6 nitrogen and oxygen atoms in total. The molecule has 9 heteroatoms. The summed E-state index contributed by atoms with van der Waals surface area (Å²) in [7, 11) is 0. The van der Waals surface area contributed by atoms with Gasteiger partial charge < -0.3 is 0 Å². The third-order valence-corrected chi connectivity index (χ3v) is 3.20. The first-order chi connectivity index (χ1) is 9.89. The fourth-order valence-electron chi connectivity index (χ4n) is 1.00. The van der Waals surface area contributed by atoms with Gasteiger partial charge in [0.25, 0.3) is 5.91 Å². The molecule has 0 aliphatic rings. The number of halogens is 3. The summed E-state index contributed by atoms with van der Waals surface area (Å²) in [5.74, 6) is -1.07. The number of nitrogens with zero attached hydrogens (tertiary/aromatic N) is 2. The van der Waals surface area contributed by atoms with Crippen LogP contribution in [0.1, 0.15) is 5.56 Å². The number of alkyl halides is 3. The number of nitriles is 2. The molecular weight excluding hydrogens is 383 g/mol. The van der Waals surface area contributed by atoms with Crippen LogP contribution in [0.2, 0.25) is 0 Å². The van der Waals surface area contributed by atoms with Crippen molar-refractivity contribution in [3.8, 4) is 12.4 Å². The molecule has 0 spiro atoms. The van der Waals surface area contributed by atoms with E-state index in [9.17, 15) is 9.59 Å². The van der Waals surface area contributed by atoms with Gasteiger partial charge >= 0.3 is 0 Å². The van der Waals surface area contributed by atoms with Gasteiger partial charge in [0.05, 0.1) is 5.33 Å². The zero-order chi connectivity index (χ0) is 16.3. The van der Waals surface area contributed by atoms with Crippen molar-refractivity contribution in [3.05, 3.63) is 35.9 Å². The van der Waals surface area contributed by atoms with E-state index < -0.39 is 10.2 Å². The second-order valence-corrected chi connectivity index (χ2v) is 5.19. The summed E-state index contributed by atoms with van der Waals surface area (Å²) < 4.78 is -1.73. The molecule has 0 heterocycles. The zero-order valence-electron chi connectivity index (χ0n) is 10.4. The van der Waals surface area contributed by atoms with Crippen molar-refractivity contribution in [1.82, 2.24) is 10.6 Å². The summed E-state index contributed by atoms with van der Waals surface area (Å²) >= 11 is 14.4. The van der Waals surface area contributed by atoms with Crippen LogP contribution in [0.4, 0.5) is 0 Å². The largest absolute Gasteiger partial charge is 0.274 e. The molecule has 1 aromatic rings. The van der Waals surface area contributed by atoms with E-state index in [-0.39, 0.29) is 11.2 Å². The third kappa shape index (κ3) is 6.96. The van der Waals surface area contributed by atoms with Gasteiger partial charge in [-0.15, -0.1) is 0 Å². The van der Waals surface area contributed by atoms with Crippen LogP contribution in [-0.2, 0) is 13.9 Å². The monoisotopic (exact) mass is 390 g/mol. The molecule has 2 amide bonds. The van der Waals surface area contributed by atoms with Crippen molar-refractivity contribution in [1.29, 1.82) is 10.5 Å². The predicted molar refractivity (Wildman–Crippen MR) is 81.1 cm³/mol. The van der Waals surface area contributed by atoms with Crippen LogP contribution >= 0.6 is 39.1 Å². The van der Waals surface area contributed by atoms with Gasteiger partial charge in [-0.05, 0) is 5.56 Å².